The number of thioether (sulfide) groups is 1. The number of anilines is 1. The highest BCUT2D eigenvalue weighted by Gasteiger charge is 2.12. The molecule has 0 aromatic heterocycles. The minimum Gasteiger partial charge on any atom is -0.507 e. The molecule has 3 aromatic rings. The van der Waals surface area contributed by atoms with Crippen molar-refractivity contribution in [1.82, 2.24) is 0 Å². The molecule has 0 unspecified atom stereocenters. The van der Waals surface area contributed by atoms with Crippen molar-refractivity contribution in [3.8, 4) is 5.75 Å². The molecule has 0 aliphatic rings. The minimum absolute atomic E-state index is 0.0167. The summed E-state index contributed by atoms with van der Waals surface area (Å²) in [7, 11) is 0. The third-order valence-electron chi connectivity index (χ3n) is 3.46. The van der Waals surface area contributed by atoms with E-state index in [-0.39, 0.29) is 17.2 Å². The van der Waals surface area contributed by atoms with Crippen LogP contribution in [0.15, 0.2) is 65.6 Å². The summed E-state index contributed by atoms with van der Waals surface area (Å²) in [6.45, 7) is 0. The van der Waals surface area contributed by atoms with Gasteiger partial charge in [-0.15, -0.1) is 11.8 Å². The molecule has 110 valence electrons. The van der Waals surface area contributed by atoms with E-state index in [1.165, 1.54) is 0 Å². The van der Waals surface area contributed by atoms with Crippen LogP contribution in [0.1, 0.15) is 10.4 Å². The number of hydrogen-bond acceptors (Lipinski definition) is 3. The first kappa shape index (κ1) is 14.5. The number of aromatic hydroxyl groups is 1. The maximum atomic E-state index is 12.4. The van der Waals surface area contributed by atoms with E-state index >= 15 is 0 Å². The summed E-state index contributed by atoms with van der Waals surface area (Å²) >= 11 is 1.64. The standard InChI is InChI=1S/C18H15NO2S/c1-22-15-8-6-14(7-9-15)19-18(21)16-10-12-4-2-3-5-13(12)11-17(16)20/h2-11,20H,1H3,(H,19,21). The van der Waals surface area contributed by atoms with Crippen molar-refractivity contribution >= 4 is 34.1 Å². The molecule has 0 saturated carbocycles. The first-order chi connectivity index (χ1) is 10.7. The number of carbonyl (C=O) groups is 1. The Hall–Kier alpha value is -2.46. The van der Waals surface area contributed by atoms with Gasteiger partial charge in [0.1, 0.15) is 5.75 Å². The van der Waals surface area contributed by atoms with Gasteiger partial charge in [0.2, 0.25) is 0 Å². The summed E-state index contributed by atoms with van der Waals surface area (Å²) in [6, 6.07) is 18.5. The number of hydrogen-bond donors (Lipinski definition) is 2. The Bertz CT molecular complexity index is 828. The van der Waals surface area contributed by atoms with Crippen LogP contribution in [0.25, 0.3) is 10.8 Å². The smallest absolute Gasteiger partial charge is 0.259 e. The van der Waals surface area contributed by atoms with Crippen molar-refractivity contribution in [2.75, 3.05) is 11.6 Å². The number of phenols is 1. The van der Waals surface area contributed by atoms with Gasteiger partial charge in [0.15, 0.2) is 0 Å². The molecule has 3 rings (SSSR count). The van der Waals surface area contributed by atoms with Crippen molar-refractivity contribution < 1.29 is 9.90 Å². The van der Waals surface area contributed by atoms with E-state index in [2.05, 4.69) is 5.32 Å². The van der Waals surface area contributed by atoms with Crippen molar-refractivity contribution in [2.45, 2.75) is 4.90 Å². The molecule has 0 heterocycles. The van der Waals surface area contributed by atoms with Gasteiger partial charge in [0, 0.05) is 10.6 Å². The van der Waals surface area contributed by atoms with E-state index in [1.54, 1.807) is 23.9 Å². The van der Waals surface area contributed by atoms with Crippen LogP contribution < -0.4 is 5.32 Å². The zero-order valence-electron chi connectivity index (χ0n) is 12.0. The molecule has 0 atom stereocenters. The number of nitrogens with one attached hydrogen (secondary N) is 1. The zero-order valence-corrected chi connectivity index (χ0v) is 12.9. The first-order valence-corrected chi connectivity index (χ1v) is 8.07. The molecule has 2 N–H and O–H groups in total. The lowest BCUT2D eigenvalue weighted by Gasteiger charge is -2.09. The molecule has 1 amide bonds. The Morgan fingerprint density at radius 2 is 1.64 bits per heavy atom. The summed E-state index contributed by atoms with van der Waals surface area (Å²) in [4.78, 5) is 13.5. The van der Waals surface area contributed by atoms with Gasteiger partial charge in [-0.05, 0) is 53.4 Å². The topological polar surface area (TPSA) is 49.3 Å². The van der Waals surface area contributed by atoms with Gasteiger partial charge in [-0.25, -0.2) is 0 Å². The Kier molecular flexibility index (Phi) is 4.02. The Morgan fingerprint density at radius 1 is 1.00 bits per heavy atom. The molecule has 4 heteroatoms. The number of rotatable bonds is 3. The van der Waals surface area contributed by atoms with Gasteiger partial charge in [-0.2, -0.15) is 0 Å². The fourth-order valence-electron chi connectivity index (χ4n) is 2.28. The fourth-order valence-corrected chi connectivity index (χ4v) is 2.69. The third kappa shape index (κ3) is 2.92. The third-order valence-corrected chi connectivity index (χ3v) is 4.20. The predicted molar refractivity (Wildman–Crippen MR) is 91.8 cm³/mol. The van der Waals surface area contributed by atoms with E-state index in [4.69, 9.17) is 0 Å². The predicted octanol–water partition coefficient (Wildman–Crippen LogP) is 4.52. The number of amides is 1. The SMILES string of the molecule is CSc1ccc(NC(=O)c2cc3ccccc3cc2O)cc1. The average Bonchev–Trinajstić information content (AvgIpc) is 2.54. The van der Waals surface area contributed by atoms with E-state index in [0.29, 0.717) is 5.69 Å². The quantitative estimate of drug-likeness (QED) is 0.699. The maximum Gasteiger partial charge on any atom is 0.259 e. The highest BCUT2D eigenvalue weighted by atomic mass is 32.2. The molecule has 0 fully saturated rings. The van der Waals surface area contributed by atoms with Crippen molar-refractivity contribution in [3.63, 3.8) is 0 Å². The summed E-state index contributed by atoms with van der Waals surface area (Å²) < 4.78 is 0. The molecule has 3 aromatic carbocycles. The summed E-state index contributed by atoms with van der Waals surface area (Å²) in [6.07, 6.45) is 2.00. The molecule has 0 saturated heterocycles. The van der Waals surface area contributed by atoms with Crippen LogP contribution in [0, 0.1) is 0 Å². The van der Waals surface area contributed by atoms with Gasteiger partial charge in [0.05, 0.1) is 5.56 Å². The van der Waals surface area contributed by atoms with Crippen molar-refractivity contribution in [2.24, 2.45) is 0 Å². The largest absolute Gasteiger partial charge is 0.507 e. The van der Waals surface area contributed by atoms with E-state index in [0.717, 1.165) is 15.7 Å². The lowest BCUT2D eigenvalue weighted by molar-refractivity contribution is 0.102. The van der Waals surface area contributed by atoms with Gasteiger partial charge >= 0.3 is 0 Å². The molecule has 0 bridgehead atoms. The fraction of sp³-hybridized carbons (Fsp3) is 0.0556. The van der Waals surface area contributed by atoms with E-state index in [1.807, 2.05) is 54.8 Å². The Morgan fingerprint density at radius 3 is 2.27 bits per heavy atom. The number of carbonyl (C=O) groups excluding carboxylic acids is 1. The summed E-state index contributed by atoms with van der Waals surface area (Å²) in [5, 5.41) is 14.7. The first-order valence-electron chi connectivity index (χ1n) is 6.84. The molecular weight excluding hydrogens is 294 g/mol. The van der Waals surface area contributed by atoms with Gasteiger partial charge in [-0.1, -0.05) is 24.3 Å². The Labute approximate surface area is 133 Å². The van der Waals surface area contributed by atoms with Crippen LogP contribution in [-0.4, -0.2) is 17.3 Å². The van der Waals surface area contributed by atoms with Crippen LogP contribution in [-0.2, 0) is 0 Å². The average molecular weight is 309 g/mol. The molecule has 3 nitrogen and oxygen atoms in total. The highest BCUT2D eigenvalue weighted by Crippen LogP contribution is 2.26. The number of benzene rings is 3. The van der Waals surface area contributed by atoms with Crippen molar-refractivity contribution in [1.29, 1.82) is 0 Å². The lowest BCUT2D eigenvalue weighted by Crippen LogP contribution is -2.12. The monoisotopic (exact) mass is 309 g/mol. The van der Waals surface area contributed by atoms with Crippen LogP contribution in [0.5, 0.6) is 5.75 Å². The maximum absolute atomic E-state index is 12.4. The van der Waals surface area contributed by atoms with Gasteiger partial charge < -0.3 is 10.4 Å². The number of fused-ring (bicyclic) bond motifs is 1. The second-order valence-electron chi connectivity index (χ2n) is 4.90. The van der Waals surface area contributed by atoms with Crippen LogP contribution in [0.4, 0.5) is 5.69 Å². The molecule has 0 aliphatic carbocycles. The minimum atomic E-state index is -0.319. The molecule has 0 spiro atoms. The Balaban J connectivity index is 1.89. The zero-order chi connectivity index (χ0) is 15.5. The molecule has 0 aliphatic heterocycles. The lowest BCUT2D eigenvalue weighted by atomic mass is 10.1. The summed E-state index contributed by atoms with van der Waals surface area (Å²) in [5.74, 6) is -0.336. The second kappa shape index (κ2) is 6.12. The van der Waals surface area contributed by atoms with Gasteiger partial charge in [0.25, 0.3) is 5.91 Å². The van der Waals surface area contributed by atoms with Crippen LogP contribution in [0.2, 0.25) is 0 Å². The summed E-state index contributed by atoms with van der Waals surface area (Å²) in [5.41, 5.74) is 0.975. The van der Waals surface area contributed by atoms with Crippen LogP contribution >= 0.6 is 11.8 Å². The molecule has 22 heavy (non-hydrogen) atoms. The van der Waals surface area contributed by atoms with E-state index in [9.17, 15) is 9.90 Å². The second-order valence-corrected chi connectivity index (χ2v) is 5.78. The molecular formula is C18H15NO2S. The normalized spacial score (nSPS) is 10.6. The van der Waals surface area contributed by atoms with E-state index < -0.39 is 0 Å². The molecule has 0 radical (unpaired) electrons. The van der Waals surface area contributed by atoms with Crippen LogP contribution in [0.3, 0.4) is 0 Å². The van der Waals surface area contributed by atoms with Gasteiger partial charge in [-0.3, -0.25) is 4.79 Å². The van der Waals surface area contributed by atoms with Crippen molar-refractivity contribution in [3.05, 3.63) is 66.2 Å². The highest BCUT2D eigenvalue weighted by molar-refractivity contribution is 7.98. The number of phenolic OH excluding ortho intramolecular Hbond substituents is 1.